The standard InChI is InChI=1S/C14H18N2O4/c1-2-20-14(19)10-4-3-7-16(9-10)13(18)11-8-15-6-5-12(11)17/h5-6,8,10H,2-4,7,9H2,1H3,(H,15,17)/t10-/m0/s1. The highest BCUT2D eigenvalue weighted by molar-refractivity contribution is 5.94. The summed E-state index contributed by atoms with van der Waals surface area (Å²) >= 11 is 0. The number of nitrogens with zero attached hydrogens (tertiary/aromatic N) is 1. The van der Waals surface area contributed by atoms with E-state index in [0.29, 0.717) is 26.1 Å². The average Bonchev–Trinajstić information content (AvgIpc) is 2.47. The van der Waals surface area contributed by atoms with Crippen LogP contribution in [-0.2, 0) is 9.53 Å². The number of esters is 1. The lowest BCUT2D eigenvalue weighted by Gasteiger charge is -2.31. The third-order valence-corrected chi connectivity index (χ3v) is 3.38. The van der Waals surface area contributed by atoms with Crippen LogP contribution in [0.15, 0.2) is 23.3 Å². The van der Waals surface area contributed by atoms with E-state index in [2.05, 4.69) is 4.98 Å². The summed E-state index contributed by atoms with van der Waals surface area (Å²) in [7, 11) is 0. The van der Waals surface area contributed by atoms with E-state index < -0.39 is 0 Å². The van der Waals surface area contributed by atoms with Gasteiger partial charge in [-0.1, -0.05) is 0 Å². The van der Waals surface area contributed by atoms with Crippen molar-refractivity contribution in [1.29, 1.82) is 0 Å². The third-order valence-electron chi connectivity index (χ3n) is 3.38. The second-order valence-corrected chi connectivity index (χ2v) is 4.76. The summed E-state index contributed by atoms with van der Waals surface area (Å²) in [6, 6.07) is 1.32. The largest absolute Gasteiger partial charge is 0.466 e. The van der Waals surface area contributed by atoms with E-state index in [1.54, 1.807) is 11.8 Å². The Morgan fingerprint density at radius 3 is 3.00 bits per heavy atom. The van der Waals surface area contributed by atoms with Crippen molar-refractivity contribution in [2.75, 3.05) is 19.7 Å². The van der Waals surface area contributed by atoms with E-state index in [4.69, 9.17) is 4.74 Å². The Bertz CT molecular complexity index is 552. The molecule has 0 aromatic carbocycles. The van der Waals surface area contributed by atoms with Crippen LogP contribution in [0.5, 0.6) is 0 Å². The summed E-state index contributed by atoms with van der Waals surface area (Å²) in [5.41, 5.74) is -0.205. The number of ether oxygens (including phenoxy) is 1. The molecule has 108 valence electrons. The number of piperidine rings is 1. The Hall–Kier alpha value is -2.11. The highest BCUT2D eigenvalue weighted by Crippen LogP contribution is 2.19. The van der Waals surface area contributed by atoms with Gasteiger partial charge in [-0.05, 0) is 19.8 Å². The smallest absolute Gasteiger partial charge is 0.310 e. The fourth-order valence-electron chi connectivity index (χ4n) is 2.37. The Morgan fingerprint density at radius 1 is 1.50 bits per heavy atom. The number of hydrogen-bond donors (Lipinski definition) is 1. The number of nitrogens with one attached hydrogen (secondary N) is 1. The van der Waals surface area contributed by atoms with Gasteiger partial charge in [0.25, 0.3) is 5.91 Å². The minimum absolute atomic E-state index is 0.108. The van der Waals surface area contributed by atoms with Crippen molar-refractivity contribution in [2.45, 2.75) is 19.8 Å². The molecule has 6 nitrogen and oxygen atoms in total. The molecule has 20 heavy (non-hydrogen) atoms. The van der Waals surface area contributed by atoms with E-state index in [1.165, 1.54) is 18.5 Å². The lowest BCUT2D eigenvalue weighted by molar-refractivity contribution is -0.149. The SMILES string of the molecule is CCOC(=O)[C@H]1CCCN(C(=O)c2c[nH]ccc2=O)C1. The van der Waals surface area contributed by atoms with Crippen molar-refractivity contribution in [3.05, 3.63) is 34.2 Å². The van der Waals surface area contributed by atoms with E-state index in [9.17, 15) is 14.4 Å². The van der Waals surface area contributed by atoms with Crippen molar-refractivity contribution in [3.63, 3.8) is 0 Å². The number of aromatic nitrogens is 1. The summed E-state index contributed by atoms with van der Waals surface area (Å²) in [5, 5.41) is 0. The second kappa shape index (κ2) is 6.36. The second-order valence-electron chi connectivity index (χ2n) is 4.76. The molecular weight excluding hydrogens is 260 g/mol. The summed E-state index contributed by atoms with van der Waals surface area (Å²) in [5.74, 6) is -0.900. The molecule has 0 unspecified atom stereocenters. The Morgan fingerprint density at radius 2 is 2.30 bits per heavy atom. The minimum atomic E-state index is -0.333. The zero-order valence-electron chi connectivity index (χ0n) is 11.4. The van der Waals surface area contributed by atoms with Gasteiger partial charge >= 0.3 is 5.97 Å². The zero-order valence-corrected chi connectivity index (χ0v) is 11.4. The molecule has 0 radical (unpaired) electrons. The number of likely N-dealkylation sites (tertiary alicyclic amines) is 1. The molecule has 1 saturated heterocycles. The van der Waals surface area contributed by atoms with Crippen LogP contribution in [0.4, 0.5) is 0 Å². The van der Waals surface area contributed by atoms with E-state index in [1.807, 2.05) is 0 Å². The van der Waals surface area contributed by atoms with Crippen molar-refractivity contribution >= 4 is 11.9 Å². The molecule has 0 spiro atoms. The predicted octanol–water partition coefficient (Wildman–Crippen LogP) is 0.790. The molecule has 6 heteroatoms. The topological polar surface area (TPSA) is 79.5 Å². The van der Waals surface area contributed by atoms with Gasteiger partial charge in [-0.25, -0.2) is 0 Å². The Kier molecular flexibility index (Phi) is 4.55. The van der Waals surface area contributed by atoms with Crippen LogP contribution in [0.1, 0.15) is 30.1 Å². The van der Waals surface area contributed by atoms with Gasteiger partial charge in [-0.3, -0.25) is 14.4 Å². The Balaban J connectivity index is 2.09. The summed E-state index contributed by atoms with van der Waals surface area (Å²) < 4.78 is 4.99. The molecule has 0 bridgehead atoms. The van der Waals surface area contributed by atoms with Gasteiger partial charge in [0, 0.05) is 31.5 Å². The Labute approximate surface area is 116 Å². The lowest BCUT2D eigenvalue weighted by atomic mass is 9.97. The van der Waals surface area contributed by atoms with Crippen LogP contribution < -0.4 is 5.43 Å². The number of amides is 1. The molecule has 0 saturated carbocycles. The van der Waals surface area contributed by atoms with Gasteiger partial charge in [0.15, 0.2) is 5.43 Å². The number of hydrogen-bond acceptors (Lipinski definition) is 4. The first-order valence-electron chi connectivity index (χ1n) is 6.76. The van der Waals surface area contributed by atoms with E-state index in [-0.39, 0.29) is 28.8 Å². The highest BCUT2D eigenvalue weighted by Gasteiger charge is 2.30. The maximum absolute atomic E-state index is 12.3. The molecule has 1 aliphatic heterocycles. The molecule has 1 aromatic rings. The normalized spacial score (nSPS) is 18.6. The van der Waals surface area contributed by atoms with Crippen LogP contribution in [0.2, 0.25) is 0 Å². The molecule has 1 fully saturated rings. The van der Waals surface area contributed by atoms with Crippen LogP contribution in [0.25, 0.3) is 0 Å². The number of pyridine rings is 1. The summed E-state index contributed by atoms with van der Waals surface area (Å²) in [4.78, 5) is 40.0. The quantitative estimate of drug-likeness (QED) is 0.829. The molecule has 1 N–H and O–H groups in total. The van der Waals surface area contributed by atoms with Gasteiger partial charge < -0.3 is 14.6 Å². The maximum atomic E-state index is 12.3. The van der Waals surface area contributed by atoms with Crippen molar-refractivity contribution in [1.82, 2.24) is 9.88 Å². The number of aromatic amines is 1. The van der Waals surface area contributed by atoms with Crippen LogP contribution in [0.3, 0.4) is 0 Å². The third kappa shape index (κ3) is 3.07. The van der Waals surface area contributed by atoms with Crippen molar-refractivity contribution in [2.24, 2.45) is 5.92 Å². The van der Waals surface area contributed by atoms with Gasteiger partial charge in [0.05, 0.1) is 12.5 Å². The molecule has 0 aliphatic carbocycles. The van der Waals surface area contributed by atoms with Crippen LogP contribution >= 0.6 is 0 Å². The predicted molar refractivity (Wildman–Crippen MR) is 72.3 cm³/mol. The first-order valence-corrected chi connectivity index (χ1v) is 6.76. The van der Waals surface area contributed by atoms with Gasteiger partial charge in [0.1, 0.15) is 5.56 Å². The number of carbonyl (C=O) groups is 2. The molecule has 1 aromatic heterocycles. The van der Waals surface area contributed by atoms with Gasteiger partial charge in [0.2, 0.25) is 0 Å². The number of H-pyrrole nitrogens is 1. The fourth-order valence-corrected chi connectivity index (χ4v) is 2.37. The van der Waals surface area contributed by atoms with Crippen LogP contribution in [-0.4, -0.2) is 41.5 Å². The zero-order chi connectivity index (χ0) is 14.5. The van der Waals surface area contributed by atoms with Gasteiger partial charge in [-0.2, -0.15) is 0 Å². The molecule has 1 aliphatic rings. The first-order chi connectivity index (χ1) is 9.63. The molecule has 2 rings (SSSR count). The molecule has 2 heterocycles. The number of rotatable bonds is 3. The molecule has 1 amide bonds. The molecular formula is C14H18N2O4. The number of carbonyl (C=O) groups excluding carboxylic acids is 2. The highest BCUT2D eigenvalue weighted by atomic mass is 16.5. The van der Waals surface area contributed by atoms with E-state index >= 15 is 0 Å². The van der Waals surface area contributed by atoms with Crippen molar-refractivity contribution < 1.29 is 14.3 Å². The van der Waals surface area contributed by atoms with Gasteiger partial charge in [-0.15, -0.1) is 0 Å². The monoisotopic (exact) mass is 278 g/mol. The maximum Gasteiger partial charge on any atom is 0.310 e. The van der Waals surface area contributed by atoms with Crippen molar-refractivity contribution in [3.8, 4) is 0 Å². The fraction of sp³-hybridized carbons (Fsp3) is 0.500. The van der Waals surface area contributed by atoms with E-state index in [0.717, 1.165) is 6.42 Å². The summed E-state index contributed by atoms with van der Waals surface area (Å²) in [6.07, 6.45) is 4.34. The summed E-state index contributed by atoms with van der Waals surface area (Å²) in [6.45, 7) is 2.96. The van der Waals surface area contributed by atoms with Crippen LogP contribution in [0, 0.1) is 5.92 Å². The first kappa shape index (κ1) is 14.3. The average molecular weight is 278 g/mol. The lowest BCUT2D eigenvalue weighted by Crippen LogP contribution is -2.44. The minimum Gasteiger partial charge on any atom is -0.466 e. The molecule has 1 atom stereocenters.